The fourth-order valence-corrected chi connectivity index (χ4v) is 5.08. The first-order chi connectivity index (χ1) is 14.6. The van der Waals surface area contributed by atoms with Gasteiger partial charge < -0.3 is 0 Å². The molecule has 2 aliphatic rings. The van der Waals surface area contributed by atoms with Crippen LogP contribution in [0.3, 0.4) is 0 Å². The highest BCUT2D eigenvalue weighted by molar-refractivity contribution is 4.97. The van der Waals surface area contributed by atoms with Gasteiger partial charge in [0.25, 0.3) is 0 Å². The zero-order valence-electron chi connectivity index (χ0n) is 20.6. The van der Waals surface area contributed by atoms with Crippen LogP contribution in [0.1, 0.15) is 87.0 Å². The molecule has 2 rings (SSSR count). The van der Waals surface area contributed by atoms with Crippen LogP contribution in [0.2, 0.25) is 0 Å². The van der Waals surface area contributed by atoms with Crippen molar-refractivity contribution in [1.29, 1.82) is 0 Å². The highest BCUT2D eigenvalue weighted by atomic mass is 19.4. The van der Waals surface area contributed by atoms with Gasteiger partial charge in [-0.3, -0.25) is 9.80 Å². The number of hydrogen-bond donors (Lipinski definition) is 0. The lowest BCUT2D eigenvalue weighted by Gasteiger charge is -2.43. The fourth-order valence-electron chi connectivity index (χ4n) is 5.08. The topological polar surface area (TPSA) is 6.48 Å². The van der Waals surface area contributed by atoms with Crippen LogP contribution in [0.25, 0.3) is 0 Å². The first kappa shape index (κ1) is 27.7. The SMILES string of the molecule is CC(CCC(C)[C@@H](N(C1CC1)[C@H](C)C(C)C)C(F)(F)F)[C@@H](C)N(C1CC1)[C@@H](C)C(F)(F)F. The van der Waals surface area contributed by atoms with Crippen molar-refractivity contribution >= 4 is 0 Å². The summed E-state index contributed by atoms with van der Waals surface area (Å²) in [7, 11) is 0. The normalized spacial score (nSPS) is 24.0. The summed E-state index contributed by atoms with van der Waals surface area (Å²) in [6.45, 7) is 12.3. The zero-order chi connectivity index (χ0) is 24.6. The highest BCUT2D eigenvalue weighted by Crippen LogP contribution is 2.43. The minimum absolute atomic E-state index is 0.0178. The molecular formula is C24H42F6N2. The van der Waals surface area contributed by atoms with Gasteiger partial charge in [-0.25, -0.2) is 0 Å². The summed E-state index contributed by atoms with van der Waals surface area (Å²) in [5, 5.41) is 0. The summed E-state index contributed by atoms with van der Waals surface area (Å²) in [5.41, 5.74) is 0. The molecule has 2 fully saturated rings. The summed E-state index contributed by atoms with van der Waals surface area (Å²) in [6, 6.07) is -3.64. The molecule has 2 unspecified atom stereocenters. The Kier molecular flexibility index (Phi) is 9.02. The lowest BCUT2D eigenvalue weighted by Crippen LogP contribution is -2.55. The quantitative estimate of drug-likeness (QED) is 0.275. The molecule has 190 valence electrons. The van der Waals surface area contributed by atoms with Crippen LogP contribution in [0.15, 0.2) is 0 Å². The molecule has 0 N–H and O–H groups in total. The van der Waals surface area contributed by atoms with E-state index in [1.807, 2.05) is 27.7 Å². The minimum Gasteiger partial charge on any atom is -0.286 e. The van der Waals surface area contributed by atoms with Crippen LogP contribution < -0.4 is 0 Å². The predicted octanol–water partition coefficient (Wildman–Crippen LogP) is 7.28. The zero-order valence-corrected chi connectivity index (χ0v) is 20.6. The molecule has 6 atom stereocenters. The average Bonchev–Trinajstić information content (AvgIpc) is 3.54. The van der Waals surface area contributed by atoms with Crippen LogP contribution in [0.4, 0.5) is 26.3 Å². The number of hydrogen-bond acceptors (Lipinski definition) is 2. The number of halogens is 6. The third-order valence-corrected chi connectivity index (χ3v) is 7.86. The van der Waals surface area contributed by atoms with Gasteiger partial charge in [0.15, 0.2) is 0 Å². The lowest BCUT2D eigenvalue weighted by atomic mass is 9.86. The standard InChI is InChI=1S/C24H42F6N2/c1-14(2)17(5)32(21-12-13-21)22(24(28,29)30)16(4)9-8-15(3)18(6)31(20-10-11-20)19(7)23(25,26)27/h14-22H,8-13H2,1-7H3/t15?,16?,17-,18-,19+,22-/m1/s1. The van der Waals surface area contributed by atoms with Crippen LogP contribution in [-0.2, 0) is 0 Å². The molecule has 2 saturated carbocycles. The van der Waals surface area contributed by atoms with Crippen LogP contribution in [0, 0.1) is 17.8 Å². The molecule has 2 nitrogen and oxygen atoms in total. The van der Waals surface area contributed by atoms with E-state index >= 15 is 0 Å². The summed E-state index contributed by atoms with van der Waals surface area (Å²) >= 11 is 0. The van der Waals surface area contributed by atoms with E-state index in [-0.39, 0.29) is 36.0 Å². The van der Waals surface area contributed by atoms with Crippen LogP contribution in [-0.4, -0.2) is 58.4 Å². The van der Waals surface area contributed by atoms with Gasteiger partial charge in [-0.1, -0.05) is 27.7 Å². The molecule has 0 aromatic carbocycles. The van der Waals surface area contributed by atoms with Crippen molar-refractivity contribution in [2.75, 3.05) is 0 Å². The summed E-state index contributed by atoms with van der Waals surface area (Å²) < 4.78 is 82.9. The molecule has 2 aliphatic carbocycles. The van der Waals surface area contributed by atoms with E-state index in [4.69, 9.17) is 0 Å². The Balaban J connectivity index is 2.09. The monoisotopic (exact) mass is 472 g/mol. The third kappa shape index (κ3) is 7.00. The Labute approximate surface area is 190 Å². The fraction of sp³-hybridized carbons (Fsp3) is 1.00. The maximum atomic E-state index is 14.2. The van der Waals surface area contributed by atoms with Gasteiger partial charge in [0.1, 0.15) is 12.1 Å². The predicted molar refractivity (Wildman–Crippen MR) is 116 cm³/mol. The summed E-state index contributed by atoms with van der Waals surface area (Å²) in [4.78, 5) is 3.24. The van der Waals surface area contributed by atoms with Crippen LogP contribution >= 0.6 is 0 Å². The molecule has 32 heavy (non-hydrogen) atoms. The second-order valence-electron chi connectivity index (χ2n) is 10.8. The van der Waals surface area contributed by atoms with E-state index in [2.05, 4.69) is 0 Å². The highest BCUT2D eigenvalue weighted by Gasteiger charge is 2.52. The van der Waals surface area contributed by atoms with Gasteiger partial charge >= 0.3 is 12.4 Å². The Hall–Kier alpha value is -0.500. The van der Waals surface area contributed by atoms with Gasteiger partial charge in [0.05, 0.1) is 0 Å². The van der Waals surface area contributed by atoms with E-state index in [1.54, 1.807) is 23.6 Å². The van der Waals surface area contributed by atoms with Crippen molar-refractivity contribution in [2.24, 2.45) is 17.8 Å². The van der Waals surface area contributed by atoms with E-state index in [1.165, 1.54) is 6.92 Å². The Morgan fingerprint density at radius 1 is 0.625 bits per heavy atom. The molecule has 0 radical (unpaired) electrons. The first-order valence-corrected chi connectivity index (χ1v) is 12.3. The molecule has 0 amide bonds. The van der Waals surface area contributed by atoms with Gasteiger partial charge in [0.2, 0.25) is 0 Å². The number of nitrogens with zero attached hydrogens (tertiary/aromatic N) is 2. The third-order valence-electron chi connectivity index (χ3n) is 7.86. The molecule has 0 saturated heterocycles. The van der Waals surface area contributed by atoms with Crippen molar-refractivity contribution in [3.8, 4) is 0 Å². The minimum atomic E-state index is -4.33. The van der Waals surface area contributed by atoms with Crippen molar-refractivity contribution in [3.05, 3.63) is 0 Å². The second kappa shape index (κ2) is 10.4. The van der Waals surface area contributed by atoms with Crippen molar-refractivity contribution in [3.63, 3.8) is 0 Å². The van der Waals surface area contributed by atoms with Gasteiger partial charge in [-0.05, 0) is 77.0 Å². The van der Waals surface area contributed by atoms with Gasteiger partial charge in [-0.15, -0.1) is 0 Å². The molecule has 8 heteroatoms. The molecule has 0 spiro atoms. The average molecular weight is 473 g/mol. The first-order valence-electron chi connectivity index (χ1n) is 12.3. The maximum Gasteiger partial charge on any atom is 0.404 e. The number of rotatable bonds is 12. The molecule has 0 aliphatic heterocycles. The molecule has 0 aromatic heterocycles. The van der Waals surface area contributed by atoms with Gasteiger partial charge in [0, 0.05) is 24.2 Å². The lowest BCUT2D eigenvalue weighted by molar-refractivity contribution is -0.207. The molecule has 0 heterocycles. The molecule has 0 aromatic rings. The Morgan fingerprint density at radius 3 is 1.44 bits per heavy atom. The smallest absolute Gasteiger partial charge is 0.286 e. The van der Waals surface area contributed by atoms with E-state index in [0.717, 1.165) is 25.7 Å². The van der Waals surface area contributed by atoms with E-state index in [0.29, 0.717) is 12.8 Å². The summed E-state index contributed by atoms with van der Waals surface area (Å²) in [6.07, 6.45) is -4.68. The number of alkyl halides is 6. The van der Waals surface area contributed by atoms with Crippen molar-refractivity contribution in [2.45, 2.75) is 136 Å². The van der Waals surface area contributed by atoms with Crippen LogP contribution in [0.5, 0.6) is 0 Å². The molecule has 0 bridgehead atoms. The Bertz CT molecular complexity index is 582. The largest absolute Gasteiger partial charge is 0.404 e. The van der Waals surface area contributed by atoms with Crippen molar-refractivity contribution < 1.29 is 26.3 Å². The van der Waals surface area contributed by atoms with Crippen molar-refractivity contribution in [1.82, 2.24) is 9.80 Å². The van der Waals surface area contributed by atoms with E-state index < -0.39 is 30.4 Å². The maximum absolute atomic E-state index is 14.2. The summed E-state index contributed by atoms with van der Waals surface area (Å²) in [5.74, 6) is -0.614. The van der Waals surface area contributed by atoms with Gasteiger partial charge in [-0.2, -0.15) is 26.3 Å². The molecular weight excluding hydrogens is 430 g/mol. The second-order valence-corrected chi connectivity index (χ2v) is 10.8. The van der Waals surface area contributed by atoms with E-state index in [9.17, 15) is 26.3 Å². The Morgan fingerprint density at radius 2 is 1.06 bits per heavy atom.